The molecule has 0 aromatic carbocycles. The van der Waals surface area contributed by atoms with Crippen LogP contribution in [0.25, 0.3) is 0 Å². The minimum atomic E-state index is -3.61. The normalized spacial score (nSPS) is 41.8. The highest BCUT2D eigenvalue weighted by Gasteiger charge is 2.17. The van der Waals surface area contributed by atoms with Crippen LogP contribution < -0.4 is 5.72 Å². The van der Waals surface area contributed by atoms with Crippen molar-refractivity contribution in [3.8, 4) is 0 Å². The van der Waals surface area contributed by atoms with E-state index in [9.17, 15) is 4.79 Å². The lowest BCUT2D eigenvalue weighted by Gasteiger charge is -2.11. The lowest BCUT2D eigenvalue weighted by Crippen LogP contribution is -2.36. The van der Waals surface area contributed by atoms with Crippen LogP contribution in [0.3, 0.4) is 0 Å². The van der Waals surface area contributed by atoms with E-state index in [4.69, 9.17) is 17.5 Å². The molecule has 0 saturated heterocycles. The van der Waals surface area contributed by atoms with Gasteiger partial charge in [-0.1, -0.05) is 20.1 Å². The maximum atomic E-state index is 11.0. The van der Waals surface area contributed by atoms with E-state index >= 15 is 0 Å². The van der Waals surface area contributed by atoms with Crippen molar-refractivity contribution in [1.29, 1.82) is 0 Å². The number of rotatable bonds is 4. The number of hydrogen-bond donors (Lipinski definition) is 2. The molecule has 0 amide bonds. The van der Waals surface area contributed by atoms with Crippen LogP contribution in [-0.4, -0.2) is 17.1 Å². The fourth-order valence-electron chi connectivity index (χ4n) is 0.225. The Morgan fingerprint density at radius 2 is 3.00 bits per heavy atom. The van der Waals surface area contributed by atoms with E-state index in [1.165, 1.54) is 0 Å². The molecule has 0 rings (SSSR count). The van der Waals surface area contributed by atoms with E-state index in [0.717, 1.165) is 0 Å². The summed E-state index contributed by atoms with van der Waals surface area (Å²) in [6.07, 6.45) is -2.96. The molecule has 3 heteroatoms. The van der Waals surface area contributed by atoms with Gasteiger partial charge in [-0.2, -0.15) is 0 Å². The van der Waals surface area contributed by atoms with Crippen LogP contribution in [0.2, 0.25) is 2.82 Å². The molecule has 0 saturated carbocycles. The van der Waals surface area contributed by atoms with Crippen LogP contribution in [0.1, 0.15) is 29.7 Å². The molecular formula is C6H13NO2. The van der Waals surface area contributed by atoms with Gasteiger partial charge in [-0.3, -0.25) is 4.79 Å². The second-order valence-corrected chi connectivity index (χ2v) is 1.28. The average molecular weight is 140 g/mol. The number of carboxylic acids is 1. The molecule has 0 aliphatic heterocycles. The zero-order valence-corrected chi connectivity index (χ0v) is 4.80. The molecule has 0 aromatic rings. The SMILES string of the molecule is [2H]N([2H])C([2H])(C(=O)O)C([2H])(C([2H])([2H])[2H])C([2H])([2H])C. The second-order valence-electron chi connectivity index (χ2n) is 1.28. The van der Waals surface area contributed by atoms with E-state index in [1.54, 1.807) is 0 Å². The van der Waals surface area contributed by atoms with E-state index in [2.05, 4.69) is 0 Å². The van der Waals surface area contributed by atoms with Gasteiger partial charge in [0.15, 0.2) is 0 Å². The molecule has 0 radical (unpaired) electrons. The van der Waals surface area contributed by atoms with Gasteiger partial charge < -0.3 is 10.8 Å². The van der Waals surface area contributed by atoms with E-state index in [0.29, 0.717) is 6.92 Å². The first kappa shape index (κ1) is 1.72. The van der Waals surface area contributed by atoms with Gasteiger partial charge in [-0.05, 0) is 5.89 Å². The minimum absolute atomic E-state index is 0.627. The number of carbonyl (C=O) groups is 1. The standard InChI is InChI=1S/C6H13NO2/c1-3-4(2)5(7)6(8)9/h4-5H,3,7H2,1-2H3,(H,8,9)/i2D3,3D2,4D,5D/hD2. The van der Waals surface area contributed by atoms with Gasteiger partial charge in [0.1, 0.15) is 8.84 Å². The molecule has 0 aromatic heterocycles. The van der Waals surface area contributed by atoms with Gasteiger partial charge >= 0.3 is 5.97 Å². The Bertz CT molecular complexity index is 321. The highest BCUT2D eigenvalue weighted by Crippen LogP contribution is 2.04. The van der Waals surface area contributed by atoms with Crippen molar-refractivity contribution in [2.45, 2.75) is 26.2 Å². The van der Waals surface area contributed by atoms with Gasteiger partial charge in [0.2, 0.25) is 0 Å². The lowest BCUT2D eigenvalue weighted by atomic mass is 10.0. The molecule has 3 N–H and O–H groups in total. The first-order valence-corrected chi connectivity index (χ1v) is 2.15. The summed E-state index contributed by atoms with van der Waals surface area (Å²) in [5, 5.41) is 8.86. The van der Waals surface area contributed by atoms with E-state index in [-0.39, 0.29) is 0 Å². The summed E-state index contributed by atoms with van der Waals surface area (Å²) in [6, 6.07) is -3.61. The zero-order chi connectivity index (χ0) is 15.2. The van der Waals surface area contributed by atoms with Crippen molar-refractivity contribution >= 4 is 5.97 Å². The van der Waals surface area contributed by atoms with Crippen LogP contribution in [0.4, 0.5) is 0 Å². The Balaban J connectivity index is 6.29. The molecule has 0 aliphatic rings. The number of carboxylic acid groups (broad SMARTS) is 1. The molecule has 0 fully saturated rings. The molecule has 3 nitrogen and oxygen atoms in total. The summed E-state index contributed by atoms with van der Waals surface area (Å²) in [5.74, 6) is -5.79. The van der Waals surface area contributed by atoms with E-state index < -0.39 is 36.8 Å². The lowest BCUT2D eigenvalue weighted by molar-refractivity contribution is -0.139. The predicted octanol–water partition coefficient (Wildman–Crippen LogP) is 0.444. The van der Waals surface area contributed by atoms with Crippen LogP contribution in [-0.2, 0) is 4.79 Å². The third-order valence-electron chi connectivity index (χ3n) is 0.689. The molecule has 54 valence electrons. The number of hydrogen-bond acceptors (Lipinski definition) is 2. The molecule has 0 aliphatic carbocycles. The van der Waals surface area contributed by atoms with Crippen LogP contribution in [0.15, 0.2) is 0 Å². The van der Waals surface area contributed by atoms with Crippen LogP contribution >= 0.6 is 0 Å². The molecule has 2 atom stereocenters. The summed E-state index contributed by atoms with van der Waals surface area (Å²) in [6.45, 7) is -2.90. The summed E-state index contributed by atoms with van der Waals surface area (Å²) in [7, 11) is 0. The number of aliphatic carboxylic acids is 1. The molecular weight excluding hydrogens is 118 g/mol. The van der Waals surface area contributed by atoms with Crippen molar-refractivity contribution < 1.29 is 22.3 Å². The highest BCUT2D eigenvalue weighted by atomic mass is 16.4. The van der Waals surface area contributed by atoms with Gasteiger partial charge in [0, 0.05) is 8.22 Å². The average Bonchev–Trinajstić information content (AvgIpc) is 2.10. The Morgan fingerprint density at radius 3 is 3.11 bits per heavy atom. The Labute approximate surface area is 67.6 Å². The van der Waals surface area contributed by atoms with Gasteiger partial charge in [0.25, 0.3) is 0 Å². The van der Waals surface area contributed by atoms with Crippen molar-refractivity contribution in [2.24, 2.45) is 11.6 Å². The number of nitrogens with two attached hydrogens (primary N) is 1. The van der Waals surface area contributed by atoms with Crippen LogP contribution in [0, 0.1) is 5.89 Å². The molecule has 0 heterocycles. The molecule has 0 spiro atoms. The van der Waals surface area contributed by atoms with Crippen LogP contribution in [0.5, 0.6) is 0 Å². The van der Waals surface area contributed by atoms with Gasteiger partial charge in [0.05, 0.1) is 1.37 Å². The maximum absolute atomic E-state index is 11.0. The van der Waals surface area contributed by atoms with Crippen molar-refractivity contribution in [3.63, 3.8) is 0 Å². The smallest absolute Gasteiger partial charge is 0.320 e. The van der Waals surface area contributed by atoms with Crippen molar-refractivity contribution in [2.75, 3.05) is 0 Å². The monoisotopic (exact) mass is 140 g/mol. The molecule has 9 heavy (non-hydrogen) atoms. The highest BCUT2D eigenvalue weighted by molar-refractivity contribution is 5.73. The van der Waals surface area contributed by atoms with Crippen molar-refractivity contribution in [3.05, 3.63) is 0 Å². The molecule has 2 unspecified atom stereocenters. The second kappa shape index (κ2) is 3.45. The zero-order valence-electron chi connectivity index (χ0n) is 13.8. The first-order chi connectivity index (χ1) is 7.64. The third kappa shape index (κ3) is 2.46. The predicted molar refractivity (Wildman–Crippen MR) is 35.1 cm³/mol. The van der Waals surface area contributed by atoms with Gasteiger partial charge in [-0.15, -0.1) is 0 Å². The quantitative estimate of drug-likeness (QED) is 0.595. The Kier molecular flexibility index (Phi) is 0.662. The first-order valence-electron chi connectivity index (χ1n) is 6.55. The summed E-state index contributed by atoms with van der Waals surface area (Å²) < 4.78 is 64.8. The third-order valence-corrected chi connectivity index (χ3v) is 0.689. The summed E-state index contributed by atoms with van der Waals surface area (Å²) >= 11 is 0. The van der Waals surface area contributed by atoms with E-state index in [1.807, 2.05) is 0 Å². The maximum Gasteiger partial charge on any atom is 0.320 e. The topological polar surface area (TPSA) is 63.3 Å². The Hall–Kier alpha value is -0.570. The fourth-order valence-corrected chi connectivity index (χ4v) is 0.225. The minimum Gasteiger partial charge on any atom is -0.480 e. The fraction of sp³-hybridized carbons (Fsp3) is 0.833. The van der Waals surface area contributed by atoms with Gasteiger partial charge in [-0.25, -0.2) is 0 Å². The Morgan fingerprint density at radius 1 is 2.33 bits per heavy atom. The summed E-state index contributed by atoms with van der Waals surface area (Å²) in [5.41, 5.74) is -0.782. The summed E-state index contributed by atoms with van der Waals surface area (Å²) in [4.78, 5) is 11.0. The largest absolute Gasteiger partial charge is 0.480 e. The van der Waals surface area contributed by atoms with Crippen molar-refractivity contribution in [1.82, 2.24) is 0 Å². The molecule has 0 bridgehead atoms.